The van der Waals surface area contributed by atoms with Gasteiger partial charge in [0.1, 0.15) is 11.0 Å². The lowest BCUT2D eigenvalue weighted by atomic mass is 10.0. The van der Waals surface area contributed by atoms with Gasteiger partial charge in [0, 0.05) is 32.2 Å². The monoisotopic (exact) mass is 347 g/mol. The van der Waals surface area contributed by atoms with Crippen molar-refractivity contribution in [1.29, 1.82) is 0 Å². The average molecular weight is 348 g/mol. The second-order valence-corrected chi connectivity index (χ2v) is 6.45. The highest BCUT2D eigenvalue weighted by Gasteiger charge is 2.17. The first-order valence-electron chi connectivity index (χ1n) is 8.11. The number of nitrogens with zero attached hydrogens (tertiary/aromatic N) is 3. The standard InChI is InChI=1S/C17H22ClN5O/c18-15-9-16(22-17(19)21-15)20-10-12-3-1-2-4-13(12)11-23-7-5-14(24)6-8-23/h1-4,9,14,24H,5-8,10-11H2,(H3,19,20,21,22). The number of nitrogen functional groups attached to an aromatic ring is 1. The van der Waals surface area contributed by atoms with Gasteiger partial charge in [-0.3, -0.25) is 4.90 Å². The third-order valence-corrected chi connectivity index (χ3v) is 4.44. The summed E-state index contributed by atoms with van der Waals surface area (Å²) in [6.45, 7) is 3.39. The largest absolute Gasteiger partial charge is 0.393 e. The summed E-state index contributed by atoms with van der Waals surface area (Å²) in [6.07, 6.45) is 1.55. The van der Waals surface area contributed by atoms with Crippen LogP contribution in [0.2, 0.25) is 5.15 Å². The zero-order chi connectivity index (χ0) is 16.9. The Balaban J connectivity index is 1.65. The minimum absolute atomic E-state index is 0.147. The number of halogens is 1. The van der Waals surface area contributed by atoms with Gasteiger partial charge in [-0.15, -0.1) is 0 Å². The fourth-order valence-corrected chi connectivity index (χ4v) is 3.10. The lowest BCUT2D eigenvalue weighted by Crippen LogP contribution is -2.35. The molecule has 24 heavy (non-hydrogen) atoms. The van der Waals surface area contributed by atoms with Crippen molar-refractivity contribution in [2.24, 2.45) is 0 Å². The molecule has 2 aromatic rings. The van der Waals surface area contributed by atoms with Crippen LogP contribution in [0.15, 0.2) is 30.3 Å². The molecular formula is C17H22ClN5O. The summed E-state index contributed by atoms with van der Waals surface area (Å²) in [6, 6.07) is 9.99. The van der Waals surface area contributed by atoms with E-state index in [4.69, 9.17) is 17.3 Å². The van der Waals surface area contributed by atoms with E-state index in [0.29, 0.717) is 17.5 Å². The number of anilines is 2. The minimum atomic E-state index is -0.147. The molecule has 3 rings (SSSR count). The van der Waals surface area contributed by atoms with Crippen LogP contribution in [0.1, 0.15) is 24.0 Å². The van der Waals surface area contributed by atoms with Gasteiger partial charge in [-0.1, -0.05) is 35.9 Å². The number of hydrogen-bond acceptors (Lipinski definition) is 6. The number of aliphatic hydroxyl groups is 1. The molecule has 0 bridgehead atoms. The molecule has 0 saturated carbocycles. The summed E-state index contributed by atoms with van der Waals surface area (Å²) in [5.74, 6) is 0.772. The average Bonchev–Trinajstić information content (AvgIpc) is 2.55. The maximum atomic E-state index is 9.63. The number of nitrogens with two attached hydrogens (primary N) is 1. The summed E-state index contributed by atoms with van der Waals surface area (Å²) in [5.41, 5.74) is 8.10. The summed E-state index contributed by atoms with van der Waals surface area (Å²) in [7, 11) is 0. The molecule has 0 amide bonds. The van der Waals surface area contributed by atoms with E-state index in [9.17, 15) is 5.11 Å². The van der Waals surface area contributed by atoms with E-state index in [1.165, 1.54) is 11.1 Å². The minimum Gasteiger partial charge on any atom is -0.393 e. The fourth-order valence-electron chi connectivity index (χ4n) is 2.91. The Morgan fingerprint density at radius 1 is 1.21 bits per heavy atom. The lowest BCUT2D eigenvalue weighted by Gasteiger charge is -2.30. The number of aliphatic hydroxyl groups excluding tert-OH is 1. The highest BCUT2D eigenvalue weighted by atomic mass is 35.5. The molecule has 6 nitrogen and oxygen atoms in total. The van der Waals surface area contributed by atoms with E-state index in [1.807, 2.05) is 6.07 Å². The molecule has 1 aliphatic rings. The number of hydrogen-bond donors (Lipinski definition) is 3. The van der Waals surface area contributed by atoms with Crippen LogP contribution in [0.5, 0.6) is 0 Å². The molecule has 1 saturated heterocycles. The van der Waals surface area contributed by atoms with Gasteiger partial charge in [-0.25, -0.2) is 4.98 Å². The van der Waals surface area contributed by atoms with Gasteiger partial charge in [-0.05, 0) is 24.0 Å². The molecule has 1 fully saturated rings. The van der Waals surface area contributed by atoms with E-state index >= 15 is 0 Å². The van der Waals surface area contributed by atoms with E-state index < -0.39 is 0 Å². The Morgan fingerprint density at radius 2 is 1.92 bits per heavy atom. The molecule has 0 unspecified atom stereocenters. The van der Waals surface area contributed by atoms with Crippen LogP contribution in [0.4, 0.5) is 11.8 Å². The number of nitrogens with one attached hydrogen (secondary N) is 1. The molecule has 1 aliphatic heterocycles. The molecule has 0 radical (unpaired) electrons. The molecule has 1 aromatic carbocycles. The van der Waals surface area contributed by atoms with Crippen LogP contribution in [0.25, 0.3) is 0 Å². The molecule has 0 atom stereocenters. The molecular weight excluding hydrogens is 326 g/mol. The third-order valence-electron chi connectivity index (χ3n) is 4.24. The molecule has 4 N–H and O–H groups in total. The molecule has 128 valence electrons. The first kappa shape index (κ1) is 17.0. The summed E-state index contributed by atoms with van der Waals surface area (Å²) in [4.78, 5) is 10.4. The number of aromatic nitrogens is 2. The maximum absolute atomic E-state index is 9.63. The fraction of sp³-hybridized carbons (Fsp3) is 0.412. The Bertz CT molecular complexity index is 668. The van der Waals surface area contributed by atoms with Gasteiger partial charge >= 0.3 is 0 Å². The molecule has 7 heteroatoms. The van der Waals surface area contributed by atoms with Crippen molar-refractivity contribution in [1.82, 2.24) is 14.9 Å². The topological polar surface area (TPSA) is 87.3 Å². The number of likely N-dealkylation sites (tertiary alicyclic amines) is 1. The number of rotatable bonds is 5. The van der Waals surface area contributed by atoms with E-state index in [2.05, 4.69) is 38.4 Å². The first-order valence-corrected chi connectivity index (χ1v) is 8.49. The van der Waals surface area contributed by atoms with Crippen molar-refractivity contribution < 1.29 is 5.11 Å². The molecule has 1 aromatic heterocycles. The van der Waals surface area contributed by atoms with Crippen LogP contribution in [-0.4, -0.2) is 39.2 Å². The van der Waals surface area contributed by atoms with Crippen LogP contribution < -0.4 is 11.1 Å². The Hall–Kier alpha value is -1.89. The van der Waals surface area contributed by atoms with Crippen molar-refractivity contribution in [3.05, 3.63) is 46.6 Å². The lowest BCUT2D eigenvalue weighted by molar-refractivity contribution is 0.0791. The van der Waals surface area contributed by atoms with Crippen molar-refractivity contribution in [3.63, 3.8) is 0 Å². The van der Waals surface area contributed by atoms with Crippen LogP contribution in [-0.2, 0) is 13.1 Å². The van der Waals surface area contributed by atoms with Gasteiger partial charge < -0.3 is 16.2 Å². The summed E-state index contributed by atoms with van der Waals surface area (Å²) >= 11 is 5.91. The second kappa shape index (κ2) is 7.79. The zero-order valence-electron chi connectivity index (χ0n) is 13.5. The van der Waals surface area contributed by atoms with E-state index in [1.54, 1.807) is 6.07 Å². The third kappa shape index (κ3) is 4.56. The highest BCUT2D eigenvalue weighted by molar-refractivity contribution is 6.29. The van der Waals surface area contributed by atoms with Gasteiger partial charge in [-0.2, -0.15) is 4.98 Å². The zero-order valence-corrected chi connectivity index (χ0v) is 14.2. The predicted octanol–water partition coefficient (Wildman–Crippen LogP) is 2.28. The molecule has 2 heterocycles. The normalized spacial score (nSPS) is 16.2. The van der Waals surface area contributed by atoms with E-state index in [-0.39, 0.29) is 12.1 Å². The van der Waals surface area contributed by atoms with Crippen LogP contribution >= 0.6 is 11.6 Å². The highest BCUT2D eigenvalue weighted by Crippen LogP contribution is 2.18. The van der Waals surface area contributed by atoms with Crippen LogP contribution in [0, 0.1) is 0 Å². The Kier molecular flexibility index (Phi) is 5.50. The van der Waals surface area contributed by atoms with Crippen molar-refractivity contribution in [2.45, 2.75) is 32.0 Å². The van der Waals surface area contributed by atoms with Gasteiger partial charge in [0.15, 0.2) is 0 Å². The molecule has 0 aliphatic carbocycles. The maximum Gasteiger partial charge on any atom is 0.223 e. The number of piperidine rings is 1. The summed E-state index contributed by atoms with van der Waals surface area (Å²) in [5, 5.41) is 13.2. The van der Waals surface area contributed by atoms with Crippen LogP contribution in [0.3, 0.4) is 0 Å². The van der Waals surface area contributed by atoms with Gasteiger partial charge in [0.2, 0.25) is 5.95 Å². The first-order chi connectivity index (χ1) is 11.6. The Labute approximate surface area is 146 Å². The van der Waals surface area contributed by atoms with Gasteiger partial charge in [0.25, 0.3) is 0 Å². The van der Waals surface area contributed by atoms with Gasteiger partial charge in [0.05, 0.1) is 6.10 Å². The molecule has 0 spiro atoms. The second-order valence-electron chi connectivity index (χ2n) is 6.06. The smallest absolute Gasteiger partial charge is 0.223 e. The van der Waals surface area contributed by atoms with Crippen molar-refractivity contribution >= 4 is 23.4 Å². The van der Waals surface area contributed by atoms with Crippen molar-refractivity contribution in [2.75, 3.05) is 24.1 Å². The predicted molar refractivity (Wildman–Crippen MR) is 95.7 cm³/mol. The SMILES string of the molecule is Nc1nc(Cl)cc(NCc2ccccc2CN2CCC(O)CC2)n1. The summed E-state index contributed by atoms with van der Waals surface area (Å²) < 4.78 is 0. The van der Waals surface area contributed by atoms with Crippen molar-refractivity contribution in [3.8, 4) is 0 Å². The Morgan fingerprint density at radius 3 is 2.62 bits per heavy atom. The number of benzene rings is 1. The quantitative estimate of drug-likeness (QED) is 0.719. The van der Waals surface area contributed by atoms with E-state index in [0.717, 1.165) is 32.5 Å².